The lowest BCUT2D eigenvalue weighted by molar-refractivity contribution is -0.141. The van der Waals surface area contributed by atoms with E-state index >= 15 is 0 Å². The van der Waals surface area contributed by atoms with Crippen LogP contribution >= 0.6 is 11.8 Å². The minimum atomic E-state index is -0.544. The third kappa shape index (κ3) is 4.14. The molecule has 0 saturated carbocycles. The van der Waals surface area contributed by atoms with Crippen LogP contribution in [0.15, 0.2) is 52.7 Å². The molecule has 0 aliphatic carbocycles. The van der Waals surface area contributed by atoms with Gasteiger partial charge in [-0.1, -0.05) is 54.2 Å². The molecule has 1 aromatic rings. The number of fused-ring (bicyclic) bond motifs is 1. The van der Waals surface area contributed by atoms with Gasteiger partial charge in [-0.25, -0.2) is 9.79 Å². The molecular formula is C20H22N2O4S. The molecular weight excluding hydrogens is 364 g/mol. The molecule has 0 aromatic heterocycles. The van der Waals surface area contributed by atoms with Crippen LogP contribution in [0.2, 0.25) is 0 Å². The Kier molecular flexibility index (Phi) is 6.13. The molecule has 3 rings (SSSR count). The largest absolute Gasteiger partial charge is 0.460 e. The van der Waals surface area contributed by atoms with Crippen molar-refractivity contribution in [2.24, 2.45) is 4.99 Å². The van der Waals surface area contributed by atoms with E-state index in [2.05, 4.69) is 4.99 Å². The summed E-state index contributed by atoms with van der Waals surface area (Å²) in [5, 5.41) is 0.397. The van der Waals surface area contributed by atoms with E-state index in [4.69, 9.17) is 9.47 Å². The fourth-order valence-corrected chi connectivity index (χ4v) is 3.99. The maximum Gasteiger partial charge on any atom is 0.338 e. The van der Waals surface area contributed by atoms with Gasteiger partial charge in [0.15, 0.2) is 5.17 Å². The lowest BCUT2D eigenvalue weighted by atomic mass is 10.00. The molecule has 1 amide bonds. The van der Waals surface area contributed by atoms with Crippen LogP contribution in [0.1, 0.15) is 19.4 Å². The zero-order chi connectivity index (χ0) is 19.4. The van der Waals surface area contributed by atoms with Gasteiger partial charge in [0.25, 0.3) is 0 Å². The van der Waals surface area contributed by atoms with Crippen LogP contribution < -0.4 is 0 Å². The average Bonchev–Trinajstić information content (AvgIpc) is 2.94. The van der Waals surface area contributed by atoms with E-state index in [9.17, 15) is 9.59 Å². The van der Waals surface area contributed by atoms with Gasteiger partial charge in [0.2, 0.25) is 5.91 Å². The van der Waals surface area contributed by atoms with Crippen LogP contribution in [0.5, 0.6) is 0 Å². The SMILES string of the molecule is COCCOC(=O)C1=C(C)N=C2SC(C)C(=O)N2C1/C=C/c1ccccc1. The summed E-state index contributed by atoms with van der Waals surface area (Å²) in [4.78, 5) is 31.5. The predicted octanol–water partition coefficient (Wildman–Crippen LogP) is 2.87. The third-order valence-electron chi connectivity index (χ3n) is 4.31. The molecule has 142 valence electrons. The smallest absolute Gasteiger partial charge is 0.338 e. The number of amides is 1. The van der Waals surface area contributed by atoms with Crippen molar-refractivity contribution in [3.63, 3.8) is 0 Å². The number of hydrogen-bond donors (Lipinski definition) is 0. The standard InChI is InChI=1S/C20H22N2O4S/c1-13-17(19(24)26-12-11-25-3)16(10-9-15-7-5-4-6-8-15)22-18(23)14(2)27-20(22)21-13/h4-10,14,16H,11-12H2,1-3H3/b10-9+. The molecule has 0 radical (unpaired) electrons. The highest BCUT2D eigenvalue weighted by Crippen LogP contribution is 2.36. The Morgan fingerprint density at radius 1 is 1.30 bits per heavy atom. The predicted molar refractivity (Wildman–Crippen MR) is 106 cm³/mol. The summed E-state index contributed by atoms with van der Waals surface area (Å²) in [7, 11) is 1.54. The lowest BCUT2D eigenvalue weighted by Crippen LogP contribution is -2.45. The Labute approximate surface area is 162 Å². The van der Waals surface area contributed by atoms with Crippen LogP contribution in [-0.2, 0) is 19.1 Å². The van der Waals surface area contributed by atoms with Gasteiger partial charge >= 0.3 is 5.97 Å². The van der Waals surface area contributed by atoms with E-state index < -0.39 is 12.0 Å². The Morgan fingerprint density at radius 3 is 2.74 bits per heavy atom. The van der Waals surface area contributed by atoms with Gasteiger partial charge in [-0.15, -0.1) is 0 Å². The van der Waals surface area contributed by atoms with Gasteiger partial charge in [0, 0.05) is 7.11 Å². The Bertz CT molecular complexity index is 817. The molecule has 2 aliphatic rings. The maximum absolute atomic E-state index is 12.7. The molecule has 1 fully saturated rings. The summed E-state index contributed by atoms with van der Waals surface area (Å²) in [5.74, 6) is -0.538. The van der Waals surface area contributed by atoms with Crippen molar-refractivity contribution in [1.82, 2.24) is 4.90 Å². The Hall–Kier alpha value is -2.38. The zero-order valence-electron chi connectivity index (χ0n) is 15.5. The summed E-state index contributed by atoms with van der Waals surface area (Å²) < 4.78 is 10.3. The molecule has 27 heavy (non-hydrogen) atoms. The second kappa shape index (κ2) is 8.54. The van der Waals surface area contributed by atoms with Crippen molar-refractivity contribution in [1.29, 1.82) is 0 Å². The normalized spacial score (nSPS) is 22.3. The molecule has 0 spiro atoms. The van der Waals surface area contributed by atoms with Crippen LogP contribution in [0.4, 0.5) is 0 Å². The molecule has 1 aromatic carbocycles. The highest BCUT2D eigenvalue weighted by Gasteiger charge is 2.44. The number of rotatable bonds is 6. The van der Waals surface area contributed by atoms with Gasteiger partial charge in [-0.2, -0.15) is 0 Å². The topological polar surface area (TPSA) is 68.2 Å². The Balaban J connectivity index is 1.95. The van der Waals surface area contributed by atoms with Gasteiger partial charge < -0.3 is 9.47 Å². The number of esters is 1. The Morgan fingerprint density at radius 2 is 2.04 bits per heavy atom. The zero-order valence-corrected chi connectivity index (χ0v) is 16.4. The molecule has 0 bridgehead atoms. The average molecular weight is 386 g/mol. The second-order valence-corrected chi connectivity index (χ2v) is 7.51. The number of methoxy groups -OCH3 is 1. The minimum Gasteiger partial charge on any atom is -0.460 e. The van der Waals surface area contributed by atoms with Crippen molar-refractivity contribution in [2.75, 3.05) is 20.3 Å². The van der Waals surface area contributed by atoms with E-state index in [0.29, 0.717) is 23.0 Å². The fourth-order valence-electron chi connectivity index (χ4n) is 2.95. The fraction of sp³-hybridized carbons (Fsp3) is 0.350. The number of carbonyl (C=O) groups excluding carboxylic acids is 2. The maximum atomic E-state index is 12.7. The molecule has 7 heteroatoms. The van der Waals surface area contributed by atoms with Gasteiger partial charge in [-0.05, 0) is 19.4 Å². The summed E-state index contributed by atoms with van der Waals surface area (Å²) in [6.07, 6.45) is 3.77. The highest BCUT2D eigenvalue weighted by atomic mass is 32.2. The minimum absolute atomic E-state index is 0.0591. The van der Waals surface area contributed by atoms with Crippen molar-refractivity contribution in [2.45, 2.75) is 25.1 Å². The van der Waals surface area contributed by atoms with Crippen molar-refractivity contribution in [3.8, 4) is 0 Å². The number of carbonyl (C=O) groups is 2. The quantitative estimate of drug-likeness (QED) is 0.555. The van der Waals surface area contributed by atoms with E-state index in [1.807, 2.05) is 49.4 Å². The molecule has 0 N–H and O–H groups in total. The van der Waals surface area contributed by atoms with E-state index in [0.717, 1.165) is 5.56 Å². The first-order valence-electron chi connectivity index (χ1n) is 8.71. The van der Waals surface area contributed by atoms with E-state index in [-0.39, 0.29) is 17.8 Å². The highest BCUT2D eigenvalue weighted by molar-refractivity contribution is 8.15. The molecule has 2 heterocycles. The van der Waals surface area contributed by atoms with Crippen LogP contribution in [-0.4, -0.2) is 53.6 Å². The number of ether oxygens (including phenoxy) is 2. The number of thioether (sulfide) groups is 1. The number of benzene rings is 1. The third-order valence-corrected chi connectivity index (χ3v) is 5.37. The summed E-state index contributed by atoms with van der Waals surface area (Å²) >= 11 is 1.41. The molecule has 2 aliphatic heterocycles. The van der Waals surface area contributed by atoms with Crippen molar-refractivity contribution in [3.05, 3.63) is 53.2 Å². The molecule has 1 saturated heterocycles. The monoisotopic (exact) mass is 386 g/mol. The molecule has 6 nitrogen and oxygen atoms in total. The summed E-state index contributed by atoms with van der Waals surface area (Å²) in [5.41, 5.74) is 1.93. The number of nitrogens with zero attached hydrogens (tertiary/aromatic N) is 2. The molecule has 2 unspecified atom stereocenters. The van der Waals surface area contributed by atoms with E-state index in [1.165, 1.54) is 11.8 Å². The molecule has 2 atom stereocenters. The van der Waals surface area contributed by atoms with Crippen molar-refractivity contribution < 1.29 is 19.1 Å². The van der Waals surface area contributed by atoms with Crippen LogP contribution in [0.3, 0.4) is 0 Å². The van der Waals surface area contributed by atoms with Gasteiger partial charge in [0.05, 0.1) is 29.2 Å². The first kappa shape index (κ1) is 19.4. The first-order valence-corrected chi connectivity index (χ1v) is 9.59. The number of aliphatic imine (C=N–C) groups is 1. The van der Waals surface area contributed by atoms with Gasteiger partial charge in [0.1, 0.15) is 6.61 Å². The number of hydrogen-bond acceptors (Lipinski definition) is 6. The first-order chi connectivity index (χ1) is 13.0. The number of allylic oxidation sites excluding steroid dienone is 1. The number of amidine groups is 1. The van der Waals surface area contributed by atoms with Crippen LogP contribution in [0.25, 0.3) is 6.08 Å². The lowest BCUT2D eigenvalue weighted by Gasteiger charge is -2.30. The van der Waals surface area contributed by atoms with Crippen LogP contribution in [0, 0.1) is 0 Å². The van der Waals surface area contributed by atoms with E-state index in [1.54, 1.807) is 18.9 Å². The second-order valence-electron chi connectivity index (χ2n) is 6.21. The summed E-state index contributed by atoms with van der Waals surface area (Å²) in [6, 6.07) is 9.20. The van der Waals surface area contributed by atoms with Gasteiger partial charge in [-0.3, -0.25) is 9.69 Å². The van der Waals surface area contributed by atoms with Crippen molar-refractivity contribution >= 4 is 34.9 Å². The summed E-state index contributed by atoms with van der Waals surface area (Å²) in [6.45, 7) is 4.08.